The van der Waals surface area contributed by atoms with Crippen LogP contribution in [0.4, 0.5) is 14.9 Å². The molecule has 1 aliphatic rings. The Labute approximate surface area is 136 Å². The van der Waals surface area contributed by atoms with E-state index in [0.717, 1.165) is 6.42 Å². The molecular weight excluding hydrogens is 355 g/mol. The molecule has 5 nitrogen and oxygen atoms in total. The van der Waals surface area contributed by atoms with Crippen LogP contribution in [0, 0.1) is 11.7 Å². The first-order chi connectivity index (χ1) is 10.5. The van der Waals surface area contributed by atoms with Gasteiger partial charge in [-0.05, 0) is 38.0 Å². The van der Waals surface area contributed by atoms with Gasteiger partial charge in [0.1, 0.15) is 5.82 Å². The fourth-order valence-electron chi connectivity index (χ4n) is 2.40. The molecule has 22 heavy (non-hydrogen) atoms. The summed E-state index contributed by atoms with van der Waals surface area (Å²) in [6, 6.07) is 4.45. The van der Waals surface area contributed by atoms with Crippen molar-refractivity contribution in [3.8, 4) is 0 Å². The van der Waals surface area contributed by atoms with Crippen molar-refractivity contribution in [1.29, 1.82) is 0 Å². The van der Waals surface area contributed by atoms with Gasteiger partial charge in [0.15, 0.2) is 0 Å². The van der Waals surface area contributed by atoms with Gasteiger partial charge in [-0.1, -0.05) is 15.9 Å². The maximum Gasteiger partial charge on any atom is 0.409 e. The van der Waals surface area contributed by atoms with Crippen molar-refractivity contribution in [2.45, 2.75) is 19.8 Å². The topological polar surface area (TPSA) is 58.6 Å². The van der Waals surface area contributed by atoms with Gasteiger partial charge in [0.05, 0.1) is 18.2 Å². The van der Waals surface area contributed by atoms with Crippen LogP contribution in [-0.4, -0.2) is 36.6 Å². The van der Waals surface area contributed by atoms with Crippen molar-refractivity contribution in [2.24, 2.45) is 5.92 Å². The van der Waals surface area contributed by atoms with Crippen molar-refractivity contribution < 1.29 is 18.7 Å². The molecule has 0 saturated carbocycles. The Balaban J connectivity index is 1.98. The number of piperidine rings is 1. The van der Waals surface area contributed by atoms with Crippen LogP contribution in [-0.2, 0) is 9.53 Å². The van der Waals surface area contributed by atoms with E-state index >= 15 is 0 Å². The lowest BCUT2D eigenvalue weighted by Crippen LogP contribution is -2.44. The molecule has 1 saturated heterocycles. The largest absolute Gasteiger partial charge is 0.450 e. The zero-order chi connectivity index (χ0) is 16.1. The van der Waals surface area contributed by atoms with Gasteiger partial charge in [-0.25, -0.2) is 9.18 Å². The molecule has 0 aromatic heterocycles. The molecule has 1 aromatic rings. The minimum atomic E-state index is -0.499. The van der Waals surface area contributed by atoms with Crippen LogP contribution >= 0.6 is 15.9 Å². The number of anilines is 1. The molecule has 2 amide bonds. The van der Waals surface area contributed by atoms with E-state index in [9.17, 15) is 14.0 Å². The third-order valence-electron chi connectivity index (χ3n) is 3.51. The zero-order valence-electron chi connectivity index (χ0n) is 12.3. The maximum atomic E-state index is 13.8. The van der Waals surface area contributed by atoms with Crippen molar-refractivity contribution in [1.82, 2.24) is 4.90 Å². The van der Waals surface area contributed by atoms with Crippen LogP contribution in [0.5, 0.6) is 0 Å². The van der Waals surface area contributed by atoms with E-state index in [2.05, 4.69) is 21.2 Å². The third kappa shape index (κ3) is 4.19. The molecule has 0 aliphatic carbocycles. The molecule has 1 atom stereocenters. The fraction of sp³-hybridized carbons (Fsp3) is 0.467. The number of nitrogens with one attached hydrogen (secondary N) is 1. The number of rotatable bonds is 3. The van der Waals surface area contributed by atoms with Crippen molar-refractivity contribution >= 4 is 33.6 Å². The molecule has 120 valence electrons. The maximum absolute atomic E-state index is 13.8. The Hall–Kier alpha value is -1.63. The van der Waals surface area contributed by atoms with Crippen molar-refractivity contribution in [3.05, 3.63) is 28.5 Å². The van der Waals surface area contributed by atoms with E-state index in [1.807, 2.05) is 0 Å². The summed E-state index contributed by atoms with van der Waals surface area (Å²) in [5.74, 6) is -1.14. The SMILES string of the molecule is CCOC(=O)N1CCCC(C(=O)Nc2ccc(Br)cc2F)C1. The van der Waals surface area contributed by atoms with Crippen LogP contribution in [0.15, 0.2) is 22.7 Å². The standard InChI is InChI=1S/C15H18BrFN2O3/c1-2-22-15(21)19-7-3-4-10(9-19)14(20)18-13-6-5-11(16)8-12(13)17/h5-6,8,10H,2-4,7,9H2,1H3,(H,18,20). The van der Waals surface area contributed by atoms with Crippen LogP contribution < -0.4 is 5.32 Å². The summed E-state index contributed by atoms with van der Waals surface area (Å²) in [7, 11) is 0. The van der Waals surface area contributed by atoms with Crippen molar-refractivity contribution in [2.75, 3.05) is 25.0 Å². The Kier molecular flexibility index (Phi) is 5.76. The normalized spacial score (nSPS) is 18.0. The summed E-state index contributed by atoms with van der Waals surface area (Å²) in [6.07, 6.45) is 0.981. The molecule has 1 N–H and O–H groups in total. The molecule has 1 aromatic carbocycles. The molecule has 0 spiro atoms. The molecule has 1 aliphatic heterocycles. The van der Waals surface area contributed by atoms with E-state index < -0.39 is 11.9 Å². The Morgan fingerprint density at radius 1 is 1.50 bits per heavy atom. The molecular formula is C15H18BrFN2O3. The van der Waals surface area contributed by atoms with E-state index in [1.54, 1.807) is 13.0 Å². The number of amides is 2. The highest BCUT2D eigenvalue weighted by molar-refractivity contribution is 9.10. The second-order valence-corrected chi connectivity index (χ2v) is 6.01. The number of likely N-dealkylation sites (tertiary alicyclic amines) is 1. The van der Waals surface area contributed by atoms with Crippen LogP contribution in [0.3, 0.4) is 0 Å². The highest BCUT2D eigenvalue weighted by Crippen LogP contribution is 2.22. The number of ether oxygens (including phenoxy) is 1. The van der Waals surface area contributed by atoms with Crippen LogP contribution in [0.1, 0.15) is 19.8 Å². The molecule has 1 fully saturated rings. The third-order valence-corrected chi connectivity index (χ3v) is 4.00. The summed E-state index contributed by atoms with van der Waals surface area (Å²) >= 11 is 3.17. The molecule has 1 heterocycles. The summed E-state index contributed by atoms with van der Waals surface area (Å²) in [4.78, 5) is 25.5. The second-order valence-electron chi connectivity index (χ2n) is 5.10. The predicted octanol–water partition coefficient (Wildman–Crippen LogP) is 3.40. The smallest absolute Gasteiger partial charge is 0.409 e. The second kappa shape index (κ2) is 7.58. The minimum Gasteiger partial charge on any atom is -0.450 e. The van der Waals surface area contributed by atoms with Gasteiger partial charge >= 0.3 is 6.09 Å². The lowest BCUT2D eigenvalue weighted by Gasteiger charge is -2.31. The first-order valence-electron chi connectivity index (χ1n) is 7.19. The predicted molar refractivity (Wildman–Crippen MR) is 84.0 cm³/mol. The van der Waals surface area contributed by atoms with E-state index in [1.165, 1.54) is 17.0 Å². The summed E-state index contributed by atoms with van der Waals surface area (Å²) in [5.41, 5.74) is 0.140. The van der Waals surface area contributed by atoms with Gasteiger partial charge in [-0.2, -0.15) is 0 Å². The highest BCUT2D eigenvalue weighted by atomic mass is 79.9. The molecule has 2 rings (SSSR count). The van der Waals surface area contributed by atoms with E-state index in [4.69, 9.17) is 4.74 Å². The summed E-state index contributed by atoms with van der Waals surface area (Å²) < 4.78 is 19.3. The Morgan fingerprint density at radius 2 is 2.27 bits per heavy atom. The van der Waals surface area contributed by atoms with E-state index in [-0.39, 0.29) is 17.5 Å². The number of hydrogen-bond acceptors (Lipinski definition) is 3. The van der Waals surface area contributed by atoms with Gasteiger partial charge < -0.3 is 15.0 Å². The van der Waals surface area contributed by atoms with Gasteiger partial charge in [0.25, 0.3) is 0 Å². The average Bonchev–Trinajstić information content (AvgIpc) is 2.50. The van der Waals surface area contributed by atoms with Crippen LogP contribution in [0.25, 0.3) is 0 Å². The molecule has 0 radical (unpaired) electrons. The zero-order valence-corrected chi connectivity index (χ0v) is 13.9. The van der Waals surface area contributed by atoms with Gasteiger partial charge in [-0.3, -0.25) is 4.79 Å². The average molecular weight is 373 g/mol. The lowest BCUT2D eigenvalue weighted by atomic mass is 9.97. The van der Waals surface area contributed by atoms with Gasteiger partial charge in [0.2, 0.25) is 5.91 Å². The Morgan fingerprint density at radius 3 is 2.95 bits per heavy atom. The number of carbonyl (C=O) groups excluding carboxylic acids is 2. The van der Waals surface area contributed by atoms with E-state index in [0.29, 0.717) is 30.6 Å². The molecule has 1 unspecified atom stereocenters. The van der Waals surface area contributed by atoms with Crippen LogP contribution in [0.2, 0.25) is 0 Å². The minimum absolute atomic E-state index is 0.140. The number of halogens is 2. The number of carbonyl (C=O) groups is 2. The Bertz CT molecular complexity index is 568. The first-order valence-corrected chi connectivity index (χ1v) is 7.98. The van der Waals surface area contributed by atoms with Gasteiger partial charge in [0, 0.05) is 17.6 Å². The monoisotopic (exact) mass is 372 g/mol. The quantitative estimate of drug-likeness (QED) is 0.884. The summed E-state index contributed by atoms with van der Waals surface area (Å²) in [5, 5.41) is 2.59. The van der Waals surface area contributed by atoms with Crippen molar-refractivity contribution in [3.63, 3.8) is 0 Å². The number of hydrogen-bond donors (Lipinski definition) is 1. The lowest BCUT2D eigenvalue weighted by molar-refractivity contribution is -0.121. The van der Waals surface area contributed by atoms with Gasteiger partial charge in [-0.15, -0.1) is 0 Å². The molecule has 0 bridgehead atoms. The first kappa shape index (κ1) is 16.7. The molecule has 7 heteroatoms. The number of benzene rings is 1. The fourth-order valence-corrected chi connectivity index (χ4v) is 2.73. The summed E-state index contributed by atoms with van der Waals surface area (Å²) in [6.45, 7) is 2.91. The highest BCUT2D eigenvalue weighted by Gasteiger charge is 2.29. The number of nitrogens with zero attached hydrogens (tertiary/aromatic N) is 1.